The number of para-hydroxylation sites is 1. The number of rotatable bonds is 12. The summed E-state index contributed by atoms with van der Waals surface area (Å²) in [6.45, 7) is 4.42. The number of anilines is 2. The molecule has 1 fully saturated rings. The number of ether oxygens (including phenoxy) is 1. The number of imide groups is 1. The van der Waals surface area contributed by atoms with Gasteiger partial charge in [0.2, 0.25) is 5.91 Å². The standard InChI is InChI=1S/C31H35F6N5O7/c1-16(2)12-22(25(45)38-18(4)13-24(43)44)42-26(46)29(30(32,33)34,31(35,36)37)41(28(42)48)15-19-10-11-21(23(14-19)49-5)40-27(47)39-20-9-7-6-8-17(20)3/h6-11,14,16,18,22H,12-13,15H2,1-5H3,(H,38,45)(H,43,44)(H2,39,40,47). The van der Waals surface area contributed by atoms with Crippen LogP contribution < -0.4 is 20.7 Å². The topological polar surface area (TPSA) is 157 Å². The van der Waals surface area contributed by atoms with Gasteiger partial charge >= 0.3 is 35.9 Å². The Labute approximate surface area is 276 Å². The van der Waals surface area contributed by atoms with Crippen LogP contribution in [-0.2, 0) is 20.9 Å². The number of carbonyl (C=O) groups is 5. The summed E-state index contributed by atoms with van der Waals surface area (Å²) in [5, 5.41) is 16.2. The van der Waals surface area contributed by atoms with Gasteiger partial charge in [0, 0.05) is 18.3 Å². The molecule has 2 unspecified atom stereocenters. The minimum Gasteiger partial charge on any atom is -0.495 e. The molecular formula is C31H35F6N5O7. The van der Waals surface area contributed by atoms with Gasteiger partial charge in [-0.05, 0) is 55.5 Å². The summed E-state index contributed by atoms with van der Waals surface area (Å²) in [4.78, 5) is 62.9. The van der Waals surface area contributed by atoms with E-state index in [0.717, 1.165) is 30.9 Å². The third kappa shape index (κ3) is 8.00. The first-order chi connectivity index (χ1) is 22.6. The average Bonchev–Trinajstić information content (AvgIpc) is 3.19. The van der Waals surface area contributed by atoms with Crippen LogP contribution in [0.15, 0.2) is 42.5 Å². The van der Waals surface area contributed by atoms with Crippen LogP contribution in [0.25, 0.3) is 0 Å². The van der Waals surface area contributed by atoms with Crippen LogP contribution >= 0.6 is 0 Å². The lowest BCUT2D eigenvalue weighted by Crippen LogP contribution is -2.69. The molecule has 0 radical (unpaired) electrons. The minimum atomic E-state index is -6.42. The second kappa shape index (κ2) is 14.6. The summed E-state index contributed by atoms with van der Waals surface area (Å²) >= 11 is 0. The van der Waals surface area contributed by atoms with Crippen molar-refractivity contribution in [3.05, 3.63) is 53.6 Å². The number of halogens is 6. The highest BCUT2D eigenvalue weighted by atomic mass is 19.4. The highest BCUT2D eigenvalue weighted by Crippen LogP contribution is 2.53. The molecule has 1 aliphatic heterocycles. The lowest BCUT2D eigenvalue weighted by Gasteiger charge is -2.37. The SMILES string of the molecule is COc1cc(CN2C(=O)N(C(CC(C)C)C(=O)NC(C)CC(=O)O)C(=O)C2(C(F)(F)F)C(F)(F)F)ccc1NC(=O)Nc1ccccc1C. The second-order valence-corrected chi connectivity index (χ2v) is 11.8. The number of carbonyl (C=O) groups excluding carboxylic acids is 4. The Bertz CT molecular complexity index is 1580. The fraction of sp³-hybridized carbons (Fsp3) is 0.452. The molecule has 1 aliphatic rings. The molecular weight excluding hydrogens is 668 g/mol. The summed E-state index contributed by atoms with van der Waals surface area (Å²) < 4.78 is 93.4. The number of nitrogens with one attached hydrogen (secondary N) is 3. The molecule has 49 heavy (non-hydrogen) atoms. The first-order valence-electron chi connectivity index (χ1n) is 14.8. The van der Waals surface area contributed by atoms with Crippen molar-refractivity contribution in [1.29, 1.82) is 0 Å². The molecule has 268 valence electrons. The fourth-order valence-electron chi connectivity index (χ4n) is 5.36. The van der Waals surface area contributed by atoms with Crippen LogP contribution in [0.2, 0.25) is 0 Å². The molecule has 0 saturated carbocycles. The van der Waals surface area contributed by atoms with Crippen molar-refractivity contribution in [3.63, 3.8) is 0 Å². The molecule has 18 heteroatoms. The number of aliphatic carboxylic acids is 1. The molecule has 0 bridgehead atoms. The molecule has 0 spiro atoms. The van der Waals surface area contributed by atoms with Crippen molar-refractivity contribution >= 4 is 41.2 Å². The largest absolute Gasteiger partial charge is 0.495 e. The van der Waals surface area contributed by atoms with E-state index in [0.29, 0.717) is 5.69 Å². The molecule has 1 saturated heterocycles. The number of nitrogens with zero attached hydrogens (tertiary/aromatic N) is 2. The van der Waals surface area contributed by atoms with Gasteiger partial charge in [0.25, 0.3) is 5.91 Å². The van der Waals surface area contributed by atoms with Gasteiger partial charge in [0.05, 0.1) is 19.2 Å². The quantitative estimate of drug-likeness (QED) is 0.164. The maximum absolute atomic E-state index is 14.7. The third-order valence-corrected chi connectivity index (χ3v) is 7.62. The number of carboxylic acids is 1. The molecule has 2 atom stereocenters. The van der Waals surface area contributed by atoms with Crippen molar-refractivity contribution in [2.45, 2.75) is 77.1 Å². The van der Waals surface area contributed by atoms with E-state index in [2.05, 4.69) is 16.0 Å². The molecule has 0 aromatic heterocycles. The minimum absolute atomic E-state index is 0.0372. The van der Waals surface area contributed by atoms with E-state index < -0.39 is 90.0 Å². The van der Waals surface area contributed by atoms with Gasteiger partial charge in [0.1, 0.15) is 11.8 Å². The first-order valence-corrected chi connectivity index (χ1v) is 14.8. The van der Waals surface area contributed by atoms with Gasteiger partial charge in [-0.15, -0.1) is 0 Å². The molecule has 1 heterocycles. The number of carboxylic acid groups (broad SMARTS) is 1. The van der Waals surface area contributed by atoms with Crippen molar-refractivity contribution < 1.29 is 60.2 Å². The Balaban J connectivity index is 2.06. The van der Waals surface area contributed by atoms with E-state index in [4.69, 9.17) is 9.84 Å². The highest BCUT2D eigenvalue weighted by Gasteiger charge is 2.84. The lowest BCUT2D eigenvalue weighted by molar-refractivity contribution is -0.315. The number of benzene rings is 2. The Morgan fingerprint density at radius 1 is 0.939 bits per heavy atom. The number of amides is 6. The Kier molecular flexibility index (Phi) is 11.5. The average molecular weight is 704 g/mol. The van der Waals surface area contributed by atoms with Gasteiger partial charge in [-0.3, -0.25) is 19.3 Å². The summed E-state index contributed by atoms with van der Waals surface area (Å²) in [7, 11) is 1.12. The zero-order chi connectivity index (χ0) is 37.1. The second-order valence-electron chi connectivity index (χ2n) is 11.8. The number of urea groups is 2. The zero-order valence-corrected chi connectivity index (χ0v) is 27.0. The van der Waals surface area contributed by atoms with E-state index in [1.165, 1.54) is 20.8 Å². The van der Waals surface area contributed by atoms with Gasteiger partial charge in [-0.1, -0.05) is 38.1 Å². The maximum atomic E-state index is 14.7. The van der Waals surface area contributed by atoms with E-state index in [9.17, 15) is 50.3 Å². The van der Waals surface area contributed by atoms with Crippen LogP contribution in [0.4, 0.5) is 47.3 Å². The van der Waals surface area contributed by atoms with Crippen LogP contribution in [0, 0.1) is 12.8 Å². The van der Waals surface area contributed by atoms with Crippen molar-refractivity contribution in [2.75, 3.05) is 17.7 Å². The molecule has 2 aromatic rings. The predicted molar refractivity (Wildman–Crippen MR) is 163 cm³/mol. The number of alkyl halides is 6. The van der Waals surface area contributed by atoms with E-state index in [-0.39, 0.29) is 21.9 Å². The molecule has 6 amide bonds. The summed E-state index contributed by atoms with van der Waals surface area (Å²) in [5.41, 5.74) is -4.61. The Morgan fingerprint density at radius 3 is 2.06 bits per heavy atom. The first kappa shape index (κ1) is 38.4. The molecule has 2 aromatic carbocycles. The molecule has 4 N–H and O–H groups in total. The third-order valence-electron chi connectivity index (χ3n) is 7.62. The van der Waals surface area contributed by atoms with E-state index in [1.54, 1.807) is 31.2 Å². The predicted octanol–water partition coefficient (Wildman–Crippen LogP) is 5.67. The van der Waals surface area contributed by atoms with E-state index in [1.807, 2.05) is 0 Å². The molecule has 12 nitrogen and oxygen atoms in total. The van der Waals surface area contributed by atoms with Crippen LogP contribution in [0.5, 0.6) is 5.75 Å². The summed E-state index contributed by atoms with van der Waals surface area (Å²) in [6.07, 6.45) is -14.0. The normalized spacial score (nSPS) is 16.0. The van der Waals surface area contributed by atoms with Gasteiger partial charge in [0.15, 0.2) is 0 Å². The number of hydrogen-bond acceptors (Lipinski definition) is 6. The maximum Gasteiger partial charge on any atom is 0.430 e. The van der Waals surface area contributed by atoms with Crippen LogP contribution in [-0.4, -0.2) is 81.8 Å². The van der Waals surface area contributed by atoms with Crippen molar-refractivity contribution in [3.8, 4) is 5.75 Å². The molecule has 0 aliphatic carbocycles. The van der Waals surface area contributed by atoms with E-state index >= 15 is 0 Å². The van der Waals surface area contributed by atoms with Crippen LogP contribution in [0.3, 0.4) is 0 Å². The fourth-order valence-corrected chi connectivity index (χ4v) is 5.36. The Morgan fingerprint density at radius 2 is 1.53 bits per heavy atom. The molecule has 3 rings (SSSR count). The number of aryl methyl sites for hydroxylation is 1. The lowest BCUT2D eigenvalue weighted by atomic mass is 9.93. The van der Waals surface area contributed by atoms with Crippen molar-refractivity contribution in [1.82, 2.24) is 15.1 Å². The van der Waals surface area contributed by atoms with Gasteiger partial charge in [-0.2, -0.15) is 26.3 Å². The number of methoxy groups -OCH3 is 1. The monoisotopic (exact) mass is 703 g/mol. The van der Waals surface area contributed by atoms with Crippen LogP contribution in [0.1, 0.15) is 44.7 Å². The summed E-state index contributed by atoms with van der Waals surface area (Å²) in [6, 6.07) is 3.77. The number of hydrogen-bond donors (Lipinski definition) is 4. The zero-order valence-electron chi connectivity index (χ0n) is 27.0. The highest BCUT2D eigenvalue weighted by molar-refractivity contribution is 6.11. The van der Waals surface area contributed by atoms with Gasteiger partial charge in [-0.25, -0.2) is 14.5 Å². The Hall–Kier alpha value is -5.03. The summed E-state index contributed by atoms with van der Waals surface area (Å²) in [5.74, 6) is -6.25. The van der Waals surface area contributed by atoms with Gasteiger partial charge < -0.3 is 25.8 Å². The smallest absolute Gasteiger partial charge is 0.430 e. The van der Waals surface area contributed by atoms with Crippen molar-refractivity contribution in [2.24, 2.45) is 5.92 Å².